The molecule has 1 amide bonds. The van der Waals surface area contributed by atoms with Crippen LogP contribution < -0.4 is 5.32 Å². The van der Waals surface area contributed by atoms with Gasteiger partial charge in [0.15, 0.2) is 10.2 Å². The van der Waals surface area contributed by atoms with Crippen molar-refractivity contribution in [3.8, 4) is 0 Å². The SMILES string of the molecule is COC1=CC(Cl)(OC)C=CC1c1csc(NC(=O)c2cc3ccccc3[nH]2)n1. The predicted octanol–water partition coefficient (Wildman–Crippen LogP) is 4.64. The quantitative estimate of drug-likeness (QED) is 0.470. The number of carbonyl (C=O) groups is 1. The number of thiazole rings is 1. The van der Waals surface area contributed by atoms with Crippen molar-refractivity contribution in [2.75, 3.05) is 19.5 Å². The van der Waals surface area contributed by atoms with Crippen LogP contribution in [0.3, 0.4) is 0 Å². The molecule has 1 aromatic carbocycles. The van der Waals surface area contributed by atoms with Crippen LogP contribution in [0.2, 0.25) is 0 Å². The van der Waals surface area contributed by atoms with Gasteiger partial charge in [-0.3, -0.25) is 10.1 Å². The molecule has 0 spiro atoms. The third-order valence-electron chi connectivity index (χ3n) is 4.55. The number of rotatable bonds is 5. The number of para-hydroxylation sites is 1. The van der Waals surface area contributed by atoms with Crippen LogP contribution in [-0.4, -0.2) is 35.2 Å². The molecule has 0 fully saturated rings. The lowest BCUT2D eigenvalue weighted by Gasteiger charge is -2.26. The number of ether oxygens (including phenoxy) is 2. The van der Waals surface area contributed by atoms with Crippen LogP contribution in [0, 0.1) is 0 Å². The van der Waals surface area contributed by atoms with Gasteiger partial charge < -0.3 is 14.5 Å². The lowest BCUT2D eigenvalue weighted by Crippen LogP contribution is -2.23. The molecule has 2 heterocycles. The second kappa shape index (κ2) is 7.43. The standard InChI is InChI=1S/C20H18ClN3O3S/c1-26-17-10-20(21,27-2)8-7-13(17)16-11-28-19(23-16)24-18(25)15-9-12-5-3-4-6-14(12)22-15/h3-11,13,22H,1-2H3,(H,23,24,25). The Morgan fingerprint density at radius 2 is 2.18 bits per heavy atom. The fourth-order valence-electron chi connectivity index (χ4n) is 3.06. The van der Waals surface area contributed by atoms with Crippen LogP contribution in [0.15, 0.2) is 59.7 Å². The molecule has 0 bridgehead atoms. The van der Waals surface area contributed by atoms with Gasteiger partial charge >= 0.3 is 0 Å². The summed E-state index contributed by atoms with van der Waals surface area (Å²) in [7, 11) is 3.11. The number of nitrogens with zero attached hydrogens (tertiary/aromatic N) is 1. The average Bonchev–Trinajstić information content (AvgIpc) is 3.34. The summed E-state index contributed by atoms with van der Waals surface area (Å²) in [4.78, 5) is 20.2. The van der Waals surface area contributed by atoms with Crippen molar-refractivity contribution in [3.63, 3.8) is 0 Å². The molecule has 1 aliphatic carbocycles. The van der Waals surface area contributed by atoms with Gasteiger partial charge in [0.05, 0.1) is 18.7 Å². The van der Waals surface area contributed by atoms with Gasteiger partial charge in [0.2, 0.25) is 0 Å². The Hall–Kier alpha value is -2.61. The Labute approximate surface area is 170 Å². The summed E-state index contributed by atoms with van der Waals surface area (Å²) in [6.45, 7) is 0. The van der Waals surface area contributed by atoms with E-state index in [1.54, 1.807) is 19.3 Å². The van der Waals surface area contributed by atoms with Crippen molar-refractivity contribution in [1.82, 2.24) is 9.97 Å². The molecule has 2 N–H and O–H groups in total. The zero-order valence-electron chi connectivity index (χ0n) is 15.2. The summed E-state index contributed by atoms with van der Waals surface area (Å²) in [6, 6.07) is 9.56. The van der Waals surface area contributed by atoms with E-state index in [-0.39, 0.29) is 11.8 Å². The van der Waals surface area contributed by atoms with E-state index in [1.807, 2.05) is 41.8 Å². The molecule has 2 atom stereocenters. The molecule has 0 radical (unpaired) electrons. The second-order valence-electron chi connectivity index (χ2n) is 6.29. The van der Waals surface area contributed by atoms with Gasteiger partial charge in [-0.25, -0.2) is 4.98 Å². The summed E-state index contributed by atoms with van der Waals surface area (Å²) in [5.74, 6) is 0.207. The zero-order valence-corrected chi connectivity index (χ0v) is 16.8. The summed E-state index contributed by atoms with van der Waals surface area (Å²) in [5, 5.41) is 5.20. The minimum atomic E-state index is -1.02. The first-order valence-electron chi connectivity index (χ1n) is 8.56. The van der Waals surface area contributed by atoms with Gasteiger partial charge in [-0.05, 0) is 18.2 Å². The Balaban J connectivity index is 1.52. The van der Waals surface area contributed by atoms with Crippen LogP contribution in [-0.2, 0) is 9.47 Å². The van der Waals surface area contributed by atoms with E-state index in [2.05, 4.69) is 15.3 Å². The number of methoxy groups -OCH3 is 2. The van der Waals surface area contributed by atoms with E-state index in [0.717, 1.165) is 16.6 Å². The third kappa shape index (κ3) is 3.56. The van der Waals surface area contributed by atoms with Crippen LogP contribution in [0.1, 0.15) is 22.1 Å². The highest BCUT2D eigenvalue weighted by Gasteiger charge is 2.31. The van der Waals surface area contributed by atoms with E-state index in [0.29, 0.717) is 16.6 Å². The average molecular weight is 416 g/mol. The number of nitrogens with one attached hydrogen (secondary N) is 2. The highest BCUT2D eigenvalue weighted by Crippen LogP contribution is 2.37. The van der Waals surface area contributed by atoms with E-state index in [1.165, 1.54) is 18.4 Å². The number of aromatic amines is 1. The van der Waals surface area contributed by atoms with Crippen molar-refractivity contribution < 1.29 is 14.3 Å². The Kier molecular flexibility index (Phi) is 4.97. The molecular weight excluding hydrogens is 398 g/mol. The molecule has 0 saturated heterocycles. The first-order valence-corrected chi connectivity index (χ1v) is 9.82. The molecule has 1 aliphatic rings. The lowest BCUT2D eigenvalue weighted by molar-refractivity contribution is 0.102. The number of hydrogen-bond donors (Lipinski definition) is 2. The summed E-state index contributed by atoms with van der Waals surface area (Å²) in [6.07, 6.45) is 5.35. The zero-order chi connectivity index (χ0) is 19.7. The highest BCUT2D eigenvalue weighted by atomic mass is 35.5. The molecule has 144 valence electrons. The molecule has 2 unspecified atom stereocenters. The number of benzene rings is 1. The number of aromatic nitrogens is 2. The first kappa shape index (κ1) is 18.7. The van der Waals surface area contributed by atoms with Crippen molar-refractivity contribution >= 4 is 44.9 Å². The molecule has 2 aromatic heterocycles. The third-order valence-corrected chi connectivity index (χ3v) is 5.71. The van der Waals surface area contributed by atoms with Crippen LogP contribution >= 0.6 is 22.9 Å². The van der Waals surface area contributed by atoms with Crippen molar-refractivity contribution in [2.24, 2.45) is 0 Å². The summed E-state index contributed by atoms with van der Waals surface area (Å²) in [5.41, 5.74) is 2.16. The summed E-state index contributed by atoms with van der Waals surface area (Å²) < 4.78 is 10.7. The topological polar surface area (TPSA) is 76.2 Å². The largest absolute Gasteiger partial charge is 0.500 e. The highest BCUT2D eigenvalue weighted by molar-refractivity contribution is 7.14. The van der Waals surface area contributed by atoms with Gasteiger partial charge in [0, 0.05) is 29.5 Å². The molecule has 6 nitrogen and oxygen atoms in total. The normalized spacial score (nSPS) is 21.5. The Morgan fingerprint density at radius 3 is 2.93 bits per heavy atom. The lowest BCUT2D eigenvalue weighted by atomic mass is 9.96. The molecular formula is C20H18ClN3O3S. The van der Waals surface area contributed by atoms with E-state index in [9.17, 15) is 4.79 Å². The number of hydrogen-bond acceptors (Lipinski definition) is 5. The number of anilines is 1. The maximum atomic E-state index is 12.6. The Morgan fingerprint density at radius 1 is 1.36 bits per heavy atom. The number of allylic oxidation sites excluding steroid dienone is 1. The fraction of sp³-hybridized carbons (Fsp3) is 0.200. The number of amides is 1. The molecule has 3 aromatic rings. The smallest absolute Gasteiger partial charge is 0.273 e. The van der Waals surface area contributed by atoms with E-state index < -0.39 is 5.06 Å². The minimum absolute atomic E-state index is 0.193. The monoisotopic (exact) mass is 415 g/mol. The second-order valence-corrected chi connectivity index (χ2v) is 7.74. The molecule has 0 saturated carbocycles. The Bertz CT molecular complexity index is 1050. The van der Waals surface area contributed by atoms with Crippen LogP contribution in [0.5, 0.6) is 0 Å². The van der Waals surface area contributed by atoms with Gasteiger partial charge in [-0.15, -0.1) is 11.3 Å². The van der Waals surface area contributed by atoms with Crippen molar-refractivity contribution in [2.45, 2.75) is 11.0 Å². The number of alkyl halides is 1. The van der Waals surface area contributed by atoms with Gasteiger partial charge in [0.25, 0.3) is 5.91 Å². The maximum Gasteiger partial charge on any atom is 0.273 e. The molecule has 4 rings (SSSR count). The van der Waals surface area contributed by atoms with E-state index in [4.69, 9.17) is 21.1 Å². The number of carbonyl (C=O) groups excluding carboxylic acids is 1. The number of fused-ring (bicyclic) bond motifs is 1. The van der Waals surface area contributed by atoms with Crippen molar-refractivity contribution in [1.29, 1.82) is 0 Å². The first-order chi connectivity index (χ1) is 13.5. The molecule has 28 heavy (non-hydrogen) atoms. The number of H-pyrrole nitrogens is 1. The predicted molar refractivity (Wildman–Crippen MR) is 111 cm³/mol. The van der Waals surface area contributed by atoms with Gasteiger partial charge in [-0.1, -0.05) is 35.9 Å². The minimum Gasteiger partial charge on any atom is -0.500 e. The molecule has 0 aliphatic heterocycles. The van der Waals surface area contributed by atoms with Gasteiger partial charge in [-0.2, -0.15) is 0 Å². The maximum absolute atomic E-state index is 12.6. The van der Waals surface area contributed by atoms with E-state index >= 15 is 0 Å². The summed E-state index contributed by atoms with van der Waals surface area (Å²) >= 11 is 7.67. The van der Waals surface area contributed by atoms with Crippen LogP contribution in [0.4, 0.5) is 5.13 Å². The van der Waals surface area contributed by atoms with Crippen molar-refractivity contribution in [3.05, 3.63) is 71.1 Å². The number of halogens is 1. The van der Waals surface area contributed by atoms with Gasteiger partial charge in [0.1, 0.15) is 11.5 Å². The van der Waals surface area contributed by atoms with Crippen LogP contribution in [0.25, 0.3) is 10.9 Å². The molecule has 8 heteroatoms. The fourth-order valence-corrected chi connectivity index (χ4v) is 3.98.